The number of nitrogens with zero attached hydrogens (tertiary/aromatic N) is 1. The van der Waals surface area contributed by atoms with Gasteiger partial charge in [0.15, 0.2) is 0 Å². The fraction of sp³-hybridized carbons (Fsp3) is 0.222. The van der Waals surface area contributed by atoms with Crippen LogP contribution in [0.15, 0.2) is 22.7 Å². The SMILES string of the molecule is N#CCc1ccc(Br)cc1CN. The van der Waals surface area contributed by atoms with Crippen molar-refractivity contribution in [1.82, 2.24) is 0 Å². The van der Waals surface area contributed by atoms with Gasteiger partial charge in [-0.3, -0.25) is 0 Å². The third kappa shape index (κ3) is 2.07. The smallest absolute Gasteiger partial charge is 0.0669 e. The van der Waals surface area contributed by atoms with Crippen LogP contribution in [0.4, 0.5) is 0 Å². The number of hydrogen-bond donors (Lipinski definition) is 1. The van der Waals surface area contributed by atoms with Crippen molar-refractivity contribution in [3.63, 3.8) is 0 Å². The van der Waals surface area contributed by atoms with E-state index in [-0.39, 0.29) is 0 Å². The highest BCUT2D eigenvalue weighted by Gasteiger charge is 2.00. The summed E-state index contributed by atoms with van der Waals surface area (Å²) >= 11 is 3.35. The minimum absolute atomic E-state index is 0.430. The van der Waals surface area contributed by atoms with E-state index >= 15 is 0 Å². The Morgan fingerprint density at radius 2 is 2.17 bits per heavy atom. The van der Waals surface area contributed by atoms with Gasteiger partial charge in [-0.1, -0.05) is 22.0 Å². The zero-order valence-electron chi connectivity index (χ0n) is 6.55. The molecule has 3 heteroatoms. The van der Waals surface area contributed by atoms with Crippen molar-refractivity contribution in [3.8, 4) is 6.07 Å². The second-order valence-corrected chi connectivity index (χ2v) is 3.37. The van der Waals surface area contributed by atoms with Crippen molar-refractivity contribution in [1.29, 1.82) is 5.26 Å². The van der Waals surface area contributed by atoms with Gasteiger partial charge in [0.1, 0.15) is 0 Å². The average molecular weight is 225 g/mol. The number of nitriles is 1. The molecule has 2 N–H and O–H groups in total. The van der Waals surface area contributed by atoms with E-state index in [4.69, 9.17) is 11.0 Å². The fourth-order valence-electron chi connectivity index (χ4n) is 1.04. The molecule has 12 heavy (non-hydrogen) atoms. The molecule has 0 aliphatic rings. The fourth-order valence-corrected chi connectivity index (χ4v) is 1.45. The first-order valence-electron chi connectivity index (χ1n) is 3.62. The maximum absolute atomic E-state index is 8.51. The molecule has 2 nitrogen and oxygen atoms in total. The van der Waals surface area contributed by atoms with E-state index in [1.807, 2.05) is 18.2 Å². The van der Waals surface area contributed by atoms with Gasteiger partial charge in [-0.05, 0) is 23.3 Å². The quantitative estimate of drug-likeness (QED) is 0.836. The average Bonchev–Trinajstić information content (AvgIpc) is 2.08. The summed E-state index contributed by atoms with van der Waals surface area (Å²) in [5, 5.41) is 8.51. The lowest BCUT2D eigenvalue weighted by atomic mass is 10.1. The molecule has 0 unspecified atom stereocenters. The number of nitrogens with two attached hydrogens (primary N) is 1. The summed E-state index contributed by atoms with van der Waals surface area (Å²) in [5.41, 5.74) is 7.57. The number of rotatable bonds is 2. The largest absolute Gasteiger partial charge is 0.326 e. The maximum atomic E-state index is 8.51. The van der Waals surface area contributed by atoms with Crippen molar-refractivity contribution < 1.29 is 0 Å². The molecule has 1 aromatic rings. The van der Waals surface area contributed by atoms with Crippen LogP contribution in [0.3, 0.4) is 0 Å². The van der Waals surface area contributed by atoms with Gasteiger partial charge in [-0.25, -0.2) is 0 Å². The van der Waals surface area contributed by atoms with Crippen LogP contribution in [0.25, 0.3) is 0 Å². The summed E-state index contributed by atoms with van der Waals surface area (Å²) in [6.07, 6.45) is 0.430. The molecule has 1 aromatic carbocycles. The van der Waals surface area contributed by atoms with Gasteiger partial charge < -0.3 is 5.73 Å². The summed E-state index contributed by atoms with van der Waals surface area (Å²) in [7, 11) is 0. The van der Waals surface area contributed by atoms with Crippen LogP contribution < -0.4 is 5.73 Å². The van der Waals surface area contributed by atoms with Gasteiger partial charge in [0.25, 0.3) is 0 Å². The summed E-state index contributed by atoms with van der Waals surface area (Å²) in [6, 6.07) is 7.91. The van der Waals surface area contributed by atoms with E-state index in [1.165, 1.54) is 0 Å². The van der Waals surface area contributed by atoms with Crippen molar-refractivity contribution in [2.75, 3.05) is 0 Å². The molecule has 62 valence electrons. The van der Waals surface area contributed by atoms with Gasteiger partial charge in [0.05, 0.1) is 12.5 Å². The third-order valence-electron chi connectivity index (χ3n) is 1.66. The molecule has 1 rings (SSSR count). The summed E-state index contributed by atoms with van der Waals surface area (Å²) < 4.78 is 1.00. The van der Waals surface area contributed by atoms with Crippen LogP contribution in [0.1, 0.15) is 11.1 Å². The molecular weight excluding hydrogens is 216 g/mol. The van der Waals surface area contributed by atoms with Crippen molar-refractivity contribution >= 4 is 15.9 Å². The van der Waals surface area contributed by atoms with Crippen LogP contribution in [0.5, 0.6) is 0 Å². The Morgan fingerprint density at radius 1 is 1.42 bits per heavy atom. The topological polar surface area (TPSA) is 49.8 Å². The van der Waals surface area contributed by atoms with E-state index in [0.717, 1.165) is 15.6 Å². The van der Waals surface area contributed by atoms with Crippen LogP contribution in [0, 0.1) is 11.3 Å². The molecule has 0 heterocycles. The van der Waals surface area contributed by atoms with E-state index in [1.54, 1.807) is 0 Å². The minimum Gasteiger partial charge on any atom is -0.326 e. The lowest BCUT2D eigenvalue weighted by Gasteiger charge is -2.03. The van der Waals surface area contributed by atoms with Crippen molar-refractivity contribution in [2.24, 2.45) is 5.73 Å². The standard InChI is InChI=1S/C9H9BrN2/c10-9-2-1-7(3-4-11)8(5-9)6-12/h1-2,5H,3,6,12H2. The Hall–Kier alpha value is -0.850. The second-order valence-electron chi connectivity index (χ2n) is 2.45. The van der Waals surface area contributed by atoms with Gasteiger partial charge in [0, 0.05) is 11.0 Å². The van der Waals surface area contributed by atoms with Crippen molar-refractivity contribution in [2.45, 2.75) is 13.0 Å². The molecule has 0 fully saturated rings. The van der Waals surface area contributed by atoms with Crippen LogP contribution in [0.2, 0.25) is 0 Å². The molecule has 0 radical (unpaired) electrons. The summed E-state index contributed by atoms with van der Waals surface area (Å²) in [5.74, 6) is 0. The van der Waals surface area contributed by atoms with Crippen LogP contribution in [-0.4, -0.2) is 0 Å². The molecule has 0 aromatic heterocycles. The molecule has 0 atom stereocenters. The Balaban J connectivity index is 3.04. The first-order chi connectivity index (χ1) is 5.77. The van der Waals surface area contributed by atoms with E-state index in [2.05, 4.69) is 22.0 Å². The first-order valence-corrected chi connectivity index (χ1v) is 4.41. The molecular formula is C9H9BrN2. The van der Waals surface area contributed by atoms with Gasteiger partial charge in [-0.15, -0.1) is 0 Å². The molecule has 0 saturated heterocycles. The van der Waals surface area contributed by atoms with Gasteiger partial charge in [0.2, 0.25) is 0 Å². The highest BCUT2D eigenvalue weighted by atomic mass is 79.9. The highest BCUT2D eigenvalue weighted by molar-refractivity contribution is 9.10. The predicted molar refractivity (Wildman–Crippen MR) is 51.4 cm³/mol. The molecule has 0 saturated carbocycles. The second kappa shape index (κ2) is 4.24. The third-order valence-corrected chi connectivity index (χ3v) is 2.15. The predicted octanol–water partition coefficient (Wildman–Crippen LogP) is 1.97. The van der Waals surface area contributed by atoms with Gasteiger partial charge in [-0.2, -0.15) is 5.26 Å². The number of halogens is 1. The lowest BCUT2D eigenvalue weighted by molar-refractivity contribution is 1.03. The number of hydrogen-bond acceptors (Lipinski definition) is 2. The van der Waals surface area contributed by atoms with E-state index in [0.29, 0.717) is 13.0 Å². The Morgan fingerprint density at radius 3 is 2.75 bits per heavy atom. The highest BCUT2D eigenvalue weighted by Crippen LogP contribution is 2.16. The molecule has 0 spiro atoms. The Kier molecular flexibility index (Phi) is 3.27. The van der Waals surface area contributed by atoms with Gasteiger partial charge >= 0.3 is 0 Å². The minimum atomic E-state index is 0.430. The van der Waals surface area contributed by atoms with Crippen LogP contribution >= 0.6 is 15.9 Å². The Labute approximate surface area is 80.1 Å². The van der Waals surface area contributed by atoms with E-state index < -0.39 is 0 Å². The molecule has 0 bridgehead atoms. The molecule has 0 aliphatic heterocycles. The first kappa shape index (κ1) is 9.24. The zero-order chi connectivity index (χ0) is 8.97. The Bertz CT molecular complexity index is 315. The lowest BCUT2D eigenvalue weighted by Crippen LogP contribution is -2.00. The van der Waals surface area contributed by atoms with E-state index in [9.17, 15) is 0 Å². The monoisotopic (exact) mass is 224 g/mol. The number of benzene rings is 1. The van der Waals surface area contributed by atoms with Crippen LogP contribution in [-0.2, 0) is 13.0 Å². The van der Waals surface area contributed by atoms with Crippen molar-refractivity contribution in [3.05, 3.63) is 33.8 Å². The maximum Gasteiger partial charge on any atom is 0.0669 e. The normalized spacial score (nSPS) is 9.42. The molecule has 0 amide bonds. The zero-order valence-corrected chi connectivity index (χ0v) is 8.13. The summed E-state index contributed by atoms with van der Waals surface area (Å²) in [6.45, 7) is 0.483. The summed E-state index contributed by atoms with van der Waals surface area (Å²) in [4.78, 5) is 0. The molecule has 0 aliphatic carbocycles.